The molecular weight excluding hydrogens is 542 g/mol. The Kier molecular flexibility index (Phi) is 9.28. The quantitative estimate of drug-likeness (QED) is 0.225. The van der Waals surface area contributed by atoms with Crippen molar-refractivity contribution in [3.05, 3.63) is 29.8 Å². The number of benzene rings is 1. The maximum absolute atomic E-state index is 12.8. The zero-order valence-corrected chi connectivity index (χ0v) is 26.0. The second kappa shape index (κ2) is 12.6. The molecule has 0 unspecified atom stereocenters. The van der Waals surface area contributed by atoms with E-state index >= 15 is 0 Å². The molecule has 3 N–H and O–H groups in total. The minimum Gasteiger partial charge on any atom is -0.481 e. The Morgan fingerprint density at radius 2 is 1.77 bits per heavy atom. The molecule has 1 amide bonds. The van der Waals surface area contributed by atoms with Gasteiger partial charge >= 0.3 is 11.9 Å². The van der Waals surface area contributed by atoms with Crippen molar-refractivity contribution in [1.29, 1.82) is 0 Å². The van der Waals surface area contributed by atoms with Crippen molar-refractivity contribution in [3.63, 3.8) is 0 Å². The van der Waals surface area contributed by atoms with Crippen LogP contribution in [-0.4, -0.2) is 40.3 Å². The summed E-state index contributed by atoms with van der Waals surface area (Å²) in [6.07, 6.45) is 13.9. The fourth-order valence-electron chi connectivity index (χ4n) is 10.1. The summed E-state index contributed by atoms with van der Waals surface area (Å²) >= 11 is 0. The summed E-state index contributed by atoms with van der Waals surface area (Å²) in [6, 6.07) is 7.33. The van der Waals surface area contributed by atoms with E-state index in [2.05, 4.69) is 32.0 Å². The Balaban J connectivity index is 1.19. The number of terminal acetylenes is 1. The van der Waals surface area contributed by atoms with Crippen LogP contribution in [0.15, 0.2) is 24.3 Å². The number of carboxylic acids is 1. The molecule has 0 bridgehead atoms. The van der Waals surface area contributed by atoms with Gasteiger partial charge in [0.05, 0.1) is 18.9 Å². The highest BCUT2D eigenvalue weighted by Crippen LogP contribution is 2.68. The van der Waals surface area contributed by atoms with Crippen molar-refractivity contribution >= 4 is 23.5 Å². The van der Waals surface area contributed by atoms with Crippen LogP contribution in [0.3, 0.4) is 0 Å². The summed E-state index contributed by atoms with van der Waals surface area (Å²) in [6.45, 7) is 7.02. The lowest BCUT2D eigenvalue weighted by molar-refractivity contribution is -0.181. The molecule has 4 aliphatic rings. The van der Waals surface area contributed by atoms with E-state index in [9.17, 15) is 19.5 Å². The molecule has 0 aliphatic heterocycles. The molecule has 5 rings (SSSR count). The van der Waals surface area contributed by atoms with Gasteiger partial charge in [0.25, 0.3) is 0 Å². The molecule has 4 saturated carbocycles. The number of hydrogen-bond acceptors (Lipinski definition) is 5. The number of aliphatic hydroxyl groups is 1. The first-order valence-corrected chi connectivity index (χ1v) is 16.4. The van der Waals surface area contributed by atoms with E-state index in [1.807, 2.05) is 24.3 Å². The van der Waals surface area contributed by atoms with E-state index in [0.29, 0.717) is 41.9 Å². The Hall–Kier alpha value is -2.85. The van der Waals surface area contributed by atoms with Gasteiger partial charge in [-0.15, -0.1) is 6.42 Å². The van der Waals surface area contributed by atoms with E-state index < -0.39 is 11.9 Å². The highest BCUT2D eigenvalue weighted by Gasteiger charge is 2.63. The molecule has 7 nitrogen and oxygen atoms in total. The third kappa shape index (κ3) is 6.23. The molecule has 0 saturated heterocycles. The number of nitrogens with one attached hydrogen (secondary N) is 1. The summed E-state index contributed by atoms with van der Waals surface area (Å²) in [4.78, 5) is 35.8. The van der Waals surface area contributed by atoms with E-state index in [0.717, 1.165) is 69.0 Å². The number of aliphatic carboxylic acids is 1. The summed E-state index contributed by atoms with van der Waals surface area (Å²) in [5, 5.41) is 23.8. The van der Waals surface area contributed by atoms with E-state index in [4.69, 9.17) is 16.3 Å². The average molecular weight is 592 g/mol. The minimum atomic E-state index is -0.980. The summed E-state index contributed by atoms with van der Waals surface area (Å²) in [5.41, 5.74) is 1.53. The second-order valence-electron chi connectivity index (χ2n) is 14.5. The first kappa shape index (κ1) is 31.6. The van der Waals surface area contributed by atoms with Crippen molar-refractivity contribution in [2.24, 2.45) is 46.3 Å². The van der Waals surface area contributed by atoms with Crippen molar-refractivity contribution in [2.75, 3.05) is 5.32 Å². The van der Waals surface area contributed by atoms with Crippen LogP contribution in [0.1, 0.15) is 103 Å². The number of anilines is 1. The molecule has 7 heteroatoms. The Morgan fingerprint density at radius 1 is 1.02 bits per heavy atom. The van der Waals surface area contributed by atoms with Gasteiger partial charge in [0, 0.05) is 17.7 Å². The lowest BCUT2D eigenvalue weighted by atomic mass is 9.43. The molecule has 1 aromatic rings. The average Bonchev–Trinajstić information content (AvgIpc) is 3.34. The predicted molar refractivity (Wildman–Crippen MR) is 165 cm³/mol. The second-order valence-corrected chi connectivity index (χ2v) is 14.5. The Morgan fingerprint density at radius 3 is 2.47 bits per heavy atom. The van der Waals surface area contributed by atoms with Crippen molar-refractivity contribution in [3.8, 4) is 12.3 Å². The van der Waals surface area contributed by atoms with E-state index in [1.165, 1.54) is 0 Å². The predicted octanol–water partition coefficient (Wildman–Crippen LogP) is 6.43. The van der Waals surface area contributed by atoms with Crippen LogP contribution >= 0.6 is 0 Å². The van der Waals surface area contributed by atoms with Crippen molar-refractivity contribution in [2.45, 2.75) is 110 Å². The standard InChI is InChI=1S/C36H49NO6/c1-5-23-7-10-25(11-8-23)37-32(39)15-6-22(2)28-13-14-29-27-12-9-24-20-26(43-34(42)17-16-33(40)41)18-19-35(24,3)30(27)21-31(38)36(28,29)4/h1,7-8,10-11,22,24,26-31,38H,6,9,12-21H2,2-4H3,(H,37,39)(H,40,41)/t22-,24-,26-,27+,28-,29+,30+,31+,35+,36-/m1/s1. The number of ether oxygens (including phenoxy) is 1. The van der Waals surface area contributed by atoms with Gasteiger partial charge in [0.1, 0.15) is 6.10 Å². The third-order valence-electron chi connectivity index (χ3n) is 12.5. The van der Waals surface area contributed by atoms with Crippen LogP contribution in [0.25, 0.3) is 0 Å². The van der Waals surface area contributed by atoms with Gasteiger partial charge < -0.3 is 20.3 Å². The number of amides is 1. The molecule has 10 atom stereocenters. The van der Waals surface area contributed by atoms with Crippen LogP contribution in [0, 0.1) is 58.7 Å². The fourth-order valence-corrected chi connectivity index (χ4v) is 10.1. The Bertz CT molecular complexity index is 1240. The third-order valence-corrected chi connectivity index (χ3v) is 12.5. The number of carbonyl (C=O) groups excluding carboxylic acids is 2. The number of aliphatic hydroxyl groups excluding tert-OH is 1. The van der Waals surface area contributed by atoms with Crippen LogP contribution in [0.4, 0.5) is 5.69 Å². The number of esters is 1. The smallest absolute Gasteiger partial charge is 0.306 e. The lowest BCUT2D eigenvalue weighted by Gasteiger charge is -2.62. The van der Waals surface area contributed by atoms with Crippen LogP contribution < -0.4 is 5.32 Å². The van der Waals surface area contributed by atoms with Crippen LogP contribution in [-0.2, 0) is 19.1 Å². The van der Waals surface area contributed by atoms with E-state index in [1.54, 1.807) is 0 Å². The molecule has 4 fully saturated rings. The molecule has 4 aliphatic carbocycles. The van der Waals surface area contributed by atoms with Crippen LogP contribution in [0.5, 0.6) is 0 Å². The number of rotatable bonds is 9. The summed E-state index contributed by atoms with van der Waals surface area (Å²) < 4.78 is 5.71. The topological polar surface area (TPSA) is 113 Å². The summed E-state index contributed by atoms with van der Waals surface area (Å²) in [7, 11) is 0. The van der Waals surface area contributed by atoms with Gasteiger partial charge in [-0.2, -0.15) is 0 Å². The molecule has 0 heterocycles. The highest BCUT2D eigenvalue weighted by molar-refractivity contribution is 5.90. The Labute approximate surface area is 256 Å². The van der Waals surface area contributed by atoms with Gasteiger partial charge in [-0.25, -0.2) is 0 Å². The first-order chi connectivity index (χ1) is 20.4. The first-order valence-electron chi connectivity index (χ1n) is 16.4. The molecule has 0 radical (unpaired) electrons. The zero-order chi connectivity index (χ0) is 30.9. The van der Waals surface area contributed by atoms with Gasteiger partial charge in [-0.3, -0.25) is 14.4 Å². The van der Waals surface area contributed by atoms with Gasteiger partial charge in [0.15, 0.2) is 0 Å². The molecule has 1 aromatic carbocycles. The normalized spacial score (nSPS) is 37.1. The molecule has 43 heavy (non-hydrogen) atoms. The van der Waals surface area contributed by atoms with Gasteiger partial charge in [-0.1, -0.05) is 26.7 Å². The van der Waals surface area contributed by atoms with Gasteiger partial charge in [0.2, 0.25) is 5.91 Å². The highest BCUT2D eigenvalue weighted by atomic mass is 16.5. The molecule has 0 aromatic heterocycles. The zero-order valence-electron chi connectivity index (χ0n) is 26.0. The van der Waals surface area contributed by atoms with E-state index in [-0.39, 0.29) is 41.8 Å². The molecule has 234 valence electrons. The maximum Gasteiger partial charge on any atom is 0.306 e. The van der Waals surface area contributed by atoms with Gasteiger partial charge in [-0.05, 0) is 128 Å². The monoisotopic (exact) mass is 591 g/mol. The molecular formula is C36H49NO6. The number of hydrogen-bond donors (Lipinski definition) is 3. The fraction of sp³-hybridized carbons (Fsp3) is 0.694. The summed E-state index contributed by atoms with van der Waals surface area (Å²) in [5.74, 6) is 3.95. The minimum absolute atomic E-state index is 0.0127. The number of fused-ring (bicyclic) bond motifs is 5. The number of carboxylic acid groups (broad SMARTS) is 1. The SMILES string of the molecule is C#Cc1ccc(NC(=O)CC[C@@H](C)[C@H]2CC[C@H]3[C@@H]4CC[C@@H]5C[C@H](OC(=O)CCC(=O)O)CC[C@]5(C)[C@H]4C[C@H](O)[C@]23C)cc1. The molecule has 0 spiro atoms. The van der Waals surface area contributed by atoms with Crippen molar-refractivity contribution < 1.29 is 29.3 Å². The van der Waals surface area contributed by atoms with Crippen LogP contribution in [0.2, 0.25) is 0 Å². The lowest BCUT2D eigenvalue weighted by Crippen LogP contribution is -2.59. The number of carbonyl (C=O) groups is 3. The largest absolute Gasteiger partial charge is 0.481 e. The maximum atomic E-state index is 12.8. The van der Waals surface area contributed by atoms with Crippen molar-refractivity contribution in [1.82, 2.24) is 0 Å².